The largest absolute Gasteiger partial charge is 0.339 e. The summed E-state index contributed by atoms with van der Waals surface area (Å²) in [4.78, 5) is 11.5. The summed E-state index contributed by atoms with van der Waals surface area (Å²) in [5, 5.41) is 11.2. The minimum atomic E-state index is 0.159. The number of aromatic nitrogens is 3. The van der Waals surface area contributed by atoms with Crippen LogP contribution in [0.25, 0.3) is 10.6 Å². The van der Waals surface area contributed by atoms with Gasteiger partial charge in [-0.1, -0.05) is 28.9 Å². The lowest BCUT2D eigenvalue weighted by atomic mass is 10.2. The molecular formula is C17H18ClN5OS. The predicted octanol–water partition coefficient (Wildman–Crippen LogP) is 3.01. The first kappa shape index (κ1) is 16.7. The number of likely N-dealkylation sites (N-methyl/N-ethyl adjacent to an activating group) is 1. The van der Waals surface area contributed by atoms with E-state index in [-0.39, 0.29) is 6.04 Å². The maximum Gasteiger partial charge on any atom is 0.232 e. The van der Waals surface area contributed by atoms with E-state index in [1.165, 1.54) is 0 Å². The monoisotopic (exact) mass is 375 g/mol. The molecule has 1 unspecified atom stereocenters. The molecule has 0 aliphatic carbocycles. The van der Waals surface area contributed by atoms with E-state index in [1.54, 1.807) is 11.3 Å². The summed E-state index contributed by atoms with van der Waals surface area (Å²) in [5.41, 5.74) is 1.99. The SMILES string of the molecule is CN1CCNCC1c1noc(Cc2csc(-c3ccc(Cl)cc3)n2)n1. The molecule has 6 nitrogen and oxygen atoms in total. The van der Waals surface area contributed by atoms with Crippen molar-refractivity contribution in [3.63, 3.8) is 0 Å². The highest BCUT2D eigenvalue weighted by Gasteiger charge is 2.25. The molecule has 3 heterocycles. The van der Waals surface area contributed by atoms with E-state index in [1.807, 2.05) is 29.6 Å². The van der Waals surface area contributed by atoms with Crippen LogP contribution in [0.4, 0.5) is 0 Å². The molecule has 0 saturated carbocycles. The predicted molar refractivity (Wildman–Crippen MR) is 97.9 cm³/mol. The Balaban J connectivity index is 1.47. The lowest BCUT2D eigenvalue weighted by Gasteiger charge is -2.30. The van der Waals surface area contributed by atoms with Gasteiger partial charge < -0.3 is 9.84 Å². The van der Waals surface area contributed by atoms with Gasteiger partial charge >= 0.3 is 0 Å². The standard InChI is InChI=1S/C17H18ClN5OS/c1-23-7-6-19-9-14(23)16-21-15(24-22-16)8-13-10-25-17(20-13)11-2-4-12(18)5-3-11/h2-5,10,14,19H,6-9H2,1H3. The Labute approximate surface area is 154 Å². The maximum atomic E-state index is 5.94. The van der Waals surface area contributed by atoms with Gasteiger partial charge in [0.2, 0.25) is 5.89 Å². The molecule has 0 amide bonds. The first-order valence-electron chi connectivity index (χ1n) is 8.13. The molecule has 8 heteroatoms. The number of nitrogens with one attached hydrogen (secondary N) is 1. The molecule has 1 aromatic carbocycles. The summed E-state index contributed by atoms with van der Waals surface area (Å²) in [5.74, 6) is 1.33. The molecular weight excluding hydrogens is 358 g/mol. The third kappa shape index (κ3) is 3.74. The smallest absolute Gasteiger partial charge is 0.232 e. The number of hydrogen-bond donors (Lipinski definition) is 1. The van der Waals surface area contributed by atoms with Crippen molar-refractivity contribution in [1.82, 2.24) is 25.3 Å². The summed E-state index contributed by atoms with van der Waals surface area (Å²) in [6.07, 6.45) is 0.543. The second kappa shape index (κ2) is 7.21. The first-order chi connectivity index (χ1) is 12.2. The van der Waals surface area contributed by atoms with Gasteiger partial charge in [0.25, 0.3) is 0 Å². The molecule has 130 valence electrons. The van der Waals surface area contributed by atoms with Gasteiger partial charge in [-0.05, 0) is 19.2 Å². The van der Waals surface area contributed by atoms with E-state index in [4.69, 9.17) is 16.1 Å². The van der Waals surface area contributed by atoms with Crippen LogP contribution in [0.5, 0.6) is 0 Å². The molecule has 1 atom stereocenters. The molecule has 4 rings (SSSR count). The summed E-state index contributed by atoms with van der Waals surface area (Å²) in [6, 6.07) is 7.85. The Kier molecular flexibility index (Phi) is 4.80. The molecule has 1 saturated heterocycles. The zero-order valence-corrected chi connectivity index (χ0v) is 15.3. The number of thiazole rings is 1. The van der Waals surface area contributed by atoms with Crippen LogP contribution in [0.15, 0.2) is 34.2 Å². The Hall–Kier alpha value is -1.80. The highest BCUT2D eigenvalue weighted by molar-refractivity contribution is 7.13. The fraction of sp³-hybridized carbons (Fsp3) is 0.353. The van der Waals surface area contributed by atoms with Crippen molar-refractivity contribution in [1.29, 1.82) is 0 Å². The van der Waals surface area contributed by atoms with E-state index in [0.29, 0.717) is 12.3 Å². The zero-order chi connectivity index (χ0) is 17.2. The Morgan fingerprint density at radius 1 is 1.32 bits per heavy atom. The second-order valence-corrected chi connectivity index (χ2v) is 7.37. The molecule has 1 fully saturated rings. The van der Waals surface area contributed by atoms with Crippen LogP contribution in [-0.2, 0) is 6.42 Å². The molecule has 25 heavy (non-hydrogen) atoms. The highest BCUT2D eigenvalue weighted by Crippen LogP contribution is 2.26. The van der Waals surface area contributed by atoms with Crippen LogP contribution in [0.3, 0.4) is 0 Å². The topological polar surface area (TPSA) is 67.1 Å². The molecule has 1 aliphatic heterocycles. The summed E-state index contributed by atoms with van der Waals surface area (Å²) in [7, 11) is 2.08. The van der Waals surface area contributed by atoms with Gasteiger partial charge in [0.15, 0.2) is 5.82 Å². The van der Waals surface area contributed by atoms with E-state index in [0.717, 1.165) is 46.7 Å². The minimum Gasteiger partial charge on any atom is -0.339 e. The van der Waals surface area contributed by atoms with Crippen molar-refractivity contribution in [3.8, 4) is 10.6 Å². The first-order valence-corrected chi connectivity index (χ1v) is 9.38. The van der Waals surface area contributed by atoms with Crippen molar-refractivity contribution in [3.05, 3.63) is 52.1 Å². The molecule has 1 N–H and O–H groups in total. The molecule has 3 aromatic rings. The van der Waals surface area contributed by atoms with Crippen molar-refractivity contribution in [2.24, 2.45) is 0 Å². The van der Waals surface area contributed by atoms with Gasteiger partial charge in [0, 0.05) is 35.6 Å². The van der Waals surface area contributed by atoms with Crippen LogP contribution in [-0.4, -0.2) is 46.7 Å². The van der Waals surface area contributed by atoms with E-state index in [2.05, 4.69) is 32.4 Å². The van der Waals surface area contributed by atoms with Gasteiger partial charge in [-0.2, -0.15) is 4.98 Å². The Morgan fingerprint density at radius 3 is 2.96 bits per heavy atom. The van der Waals surface area contributed by atoms with Crippen LogP contribution in [0.2, 0.25) is 5.02 Å². The van der Waals surface area contributed by atoms with Gasteiger partial charge in [-0.3, -0.25) is 4.90 Å². The molecule has 0 radical (unpaired) electrons. The summed E-state index contributed by atoms with van der Waals surface area (Å²) < 4.78 is 5.43. The lowest BCUT2D eigenvalue weighted by Crippen LogP contribution is -2.44. The average molecular weight is 376 g/mol. The van der Waals surface area contributed by atoms with Crippen LogP contribution < -0.4 is 5.32 Å². The summed E-state index contributed by atoms with van der Waals surface area (Å²) in [6.45, 7) is 2.81. The van der Waals surface area contributed by atoms with Crippen molar-refractivity contribution in [2.75, 3.05) is 26.7 Å². The number of halogens is 1. The van der Waals surface area contributed by atoms with Crippen LogP contribution >= 0.6 is 22.9 Å². The number of piperazine rings is 1. The quantitative estimate of drug-likeness (QED) is 0.756. The molecule has 0 bridgehead atoms. The van der Waals surface area contributed by atoms with E-state index >= 15 is 0 Å². The number of benzene rings is 1. The summed E-state index contributed by atoms with van der Waals surface area (Å²) >= 11 is 7.54. The third-order valence-corrected chi connectivity index (χ3v) is 5.46. The Bertz CT molecular complexity index is 847. The molecule has 2 aromatic heterocycles. The maximum absolute atomic E-state index is 5.94. The van der Waals surface area contributed by atoms with Crippen LogP contribution in [0.1, 0.15) is 23.5 Å². The van der Waals surface area contributed by atoms with E-state index < -0.39 is 0 Å². The molecule has 0 spiro atoms. The molecule has 1 aliphatic rings. The van der Waals surface area contributed by atoms with Gasteiger partial charge in [0.05, 0.1) is 18.2 Å². The fourth-order valence-corrected chi connectivity index (χ4v) is 3.79. The van der Waals surface area contributed by atoms with Crippen molar-refractivity contribution >= 4 is 22.9 Å². The van der Waals surface area contributed by atoms with Crippen molar-refractivity contribution < 1.29 is 4.52 Å². The normalized spacial score (nSPS) is 18.6. The van der Waals surface area contributed by atoms with E-state index in [9.17, 15) is 0 Å². The van der Waals surface area contributed by atoms with Gasteiger partial charge in [-0.15, -0.1) is 11.3 Å². The zero-order valence-electron chi connectivity index (χ0n) is 13.8. The average Bonchev–Trinajstić information content (AvgIpc) is 3.26. The van der Waals surface area contributed by atoms with Crippen molar-refractivity contribution in [2.45, 2.75) is 12.5 Å². The third-order valence-electron chi connectivity index (χ3n) is 4.27. The minimum absolute atomic E-state index is 0.159. The van der Waals surface area contributed by atoms with Gasteiger partial charge in [-0.25, -0.2) is 4.98 Å². The highest BCUT2D eigenvalue weighted by atomic mass is 35.5. The number of rotatable bonds is 4. The van der Waals surface area contributed by atoms with Gasteiger partial charge in [0.1, 0.15) is 5.01 Å². The Morgan fingerprint density at radius 2 is 2.16 bits per heavy atom. The lowest BCUT2D eigenvalue weighted by molar-refractivity contribution is 0.190. The number of nitrogens with zero attached hydrogens (tertiary/aromatic N) is 4. The van der Waals surface area contributed by atoms with Crippen LogP contribution in [0, 0.1) is 0 Å². The second-order valence-electron chi connectivity index (χ2n) is 6.07. The number of hydrogen-bond acceptors (Lipinski definition) is 7. The fourth-order valence-electron chi connectivity index (χ4n) is 2.84.